The van der Waals surface area contributed by atoms with Crippen molar-refractivity contribution in [1.29, 1.82) is 0 Å². The standard InChI is InChI=1S/C12H19ClN2/c1-10(14)6-7-15(2)9-11-4-3-5-12(13)8-11/h3-5,8,10H,6-7,9,14H2,1-2H3/t10-/m0/s1. The maximum absolute atomic E-state index is 5.92. The molecule has 2 N–H and O–H groups in total. The molecule has 0 amide bonds. The highest BCUT2D eigenvalue weighted by Gasteiger charge is 2.02. The lowest BCUT2D eigenvalue weighted by Crippen LogP contribution is -2.25. The summed E-state index contributed by atoms with van der Waals surface area (Å²) in [4.78, 5) is 2.26. The van der Waals surface area contributed by atoms with Gasteiger partial charge in [-0.2, -0.15) is 0 Å². The normalized spacial score (nSPS) is 13.1. The first kappa shape index (κ1) is 12.5. The second-order valence-corrected chi connectivity index (χ2v) is 4.57. The molecule has 0 aromatic heterocycles. The quantitative estimate of drug-likeness (QED) is 0.836. The Hall–Kier alpha value is -0.570. The Bertz CT molecular complexity index is 299. The molecule has 3 heteroatoms. The van der Waals surface area contributed by atoms with E-state index in [0.717, 1.165) is 24.5 Å². The van der Waals surface area contributed by atoms with Gasteiger partial charge in [-0.15, -0.1) is 0 Å². The molecule has 1 aromatic carbocycles. The molecule has 84 valence electrons. The Balaban J connectivity index is 2.40. The topological polar surface area (TPSA) is 29.3 Å². The lowest BCUT2D eigenvalue weighted by atomic mass is 10.2. The number of rotatable bonds is 5. The van der Waals surface area contributed by atoms with Gasteiger partial charge in [0.15, 0.2) is 0 Å². The van der Waals surface area contributed by atoms with Crippen LogP contribution < -0.4 is 5.73 Å². The third-order valence-electron chi connectivity index (χ3n) is 2.31. The molecule has 0 heterocycles. The van der Waals surface area contributed by atoms with Gasteiger partial charge < -0.3 is 10.6 Å². The van der Waals surface area contributed by atoms with Crippen molar-refractivity contribution in [3.8, 4) is 0 Å². The smallest absolute Gasteiger partial charge is 0.0409 e. The van der Waals surface area contributed by atoms with Crippen LogP contribution in [0.3, 0.4) is 0 Å². The second-order valence-electron chi connectivity index (χ2n) is 4.13. The minimum Gasteiger partial charge on any atom is -0.328 e. The van der Waals surface area contributed by atoms with Gasteiger partial charge in [0.05, 0.1) is 0 Å². The van der Waals surface area contributed by atoms with Gasteiger partial charge in [0, 0.05) is 17.6 Å². The second kappa shape index (κ2) is 6.11. The van der Waals surface area contributed by atoms with E-state index in [-0.39, 0.29) is 6.04 Å². The summed E-state index contributed by atoms with van der Waals surface area (Å²) in [5, 5.41) is 0.799. The zero-order valence-corrected chi connectivity index (χ0v) is 10.2. The van der Waals surface area contributed by atoms with Crippen LogP contribution in [0.5, 0.6) is 0 Å². The molecular weight excluding hydrogens is 208 g/mol. The summed E-state index contributed by atoms with van der Waals surface area (Å²) in [6, 6.07) is 8.24. The van der Waals surface area contributed by atoms with Gasteiger partial charge in [0.2, 0.25) is 0 Å². The largest absolute Gasteiger partial charge is 0.328 e. The molecule has 0 aliphatic carbocycles. The lowest BCUT2D eigenvalue weighted by Gasteiger charge is -2.17. The molecule has 15 heavy (non-hydrogen) atoms. The molecular formula is C12H19ClN2. The Morgan fingerprint density at radius 3 is 2.80 bits per heavy atom. The fourth-order valence-corrected chi connectivity index (χ4v) is 1.66. The van der Waals surface area contributed by atoms with Gasteiger partial charge in [0.25, 0.3) is 0 Å². The molecule has 0 saturated heterocycles. The summed E-state index contributed by atoms with van der Waals surface area (Å²) in [7, 11) is 2.10. The summed E-state index contributed by atoms with van der Waals surface area (Å²) >= 11 is 5.92. The highest BCUT2D eigenvalue weighted by molar-refractivity contribution is 6.30. The zero-order valence-electron chi connectivity index (χ0n) is 9.41. The van der Waals surface area contributed by atoms with E-state index in [1.807, 2.05) is 25.1 Å². The first-order chi connectivity index (χ1) is 7.08. The monoisotopic (exact) mass is 226 g/mol. The van der Waals surface area contributed by atoms with E-state index >= 15 is 0 Å². The number of nitrogens with zero attached hydrogens (tertiary/aromatic N) is 1. The van der Waals surface area contributed by atoms with E-state index in [4.69, 9.17) is 17.3 Å². The molecule has 1 rings (SSSR count). The predicted molar refractivity (Wildman–Crippen MR) is 66.1 cm³/mol. The number of halogens is 1. The highest BCUT2D eigenvalue weighted by Crippen LogP contribution is 2.12. The summed E-state index contributed by atoms with van der Waals surface area (Å²) in [6.45, 7) is 3.98. The summed E-state index contributed by atoms with van der Waals surface area (Å²) in [5.74, 6) is 0. The molecule has 0 aliphatic rings. The molecule has 0 aliphatic heterocycles. The summed E-state index contributed by atoms with van der Waals surface area (Å²) in [5.41, 5.74) is 6.96. The Kier molecular flexibility index (Phi) is 5.09. The number of benzene rings is 1. The average Bonchev–Trinajstić information content (AvgIpc) is 2.15. The maximum atomic E-state index is 5.92. The van der Waals surface area contributed by atoms with E-state index < -0.39 is 0 Å². The van der Waals surface area contributed by atoms with E-state index in [0.29, 0.717) is 0 Å². The van der Waals surface area contributed by atoms with Crippen molar-refractivity contribution in [2.24, 2.45) is 5.73 Å². The van der Waals surface area contributed by atoms with Crippen LogP contribution in [0.25, 0.3) is 0 Å². The molecule has 0 unspecified atom stereocenters. The van der Waals surface area contributed by atoms with Crippen molar-refractivity contribution in [2.75, 3.05) is 13.6 Å². The Morgan fingerprint density at radius 1 is 1.47 bits per heavy atom. The van der Waals surface area contributed by atoms with Crippen LogP contribution in [-0.4, -0.2) is 24.5 Å². The first-order valence-electron chi connectivity index (χ1n) is 5.26. The fraction of sp³-hybridized carbons (Fsp3) is 0.500. The van der Waals surface area contributed by atoms with Gasteiger partial charge >= 0.3 is 0 Å². The number of hydrogen-bond acceptors (Lipinski definition) is 2. The van der Waals surface area contributed by atoms with Crippen molar-refractivity contribution in [3.05, 3.63) is 34.9 Å². The molecule has 0 saturated carbocycles. The molecule has 2 nitrogen and oxygen atoms in total. The van der Waals surface area contributed by atoms with Crippen LogP contribution in [0.2, 0.25) is 5.02 Å². The van der Waals surface area contributed by atoms with Gasteiger partial charge in [-0.1, -0.05) is 23.7 Å². The minimum atomic E-state index is 0.270. The summed E-state index contributed by atoms with van der Waals surface area (Å²) < 4.78 is 0. The van der Waals surface area contributed by atoms with Crippen LogP contribution in [0.4, 0.5) is 0 Å². The fourth-order valence-electron chi connectivity index (χ4n) is 1.45. The van der Waals surface area contributed by atoms with Crippen molar-refractivity contribution in [2.45, 2.75) is 25.9 Å². The molecule has 0 bridgehead atoms. The zero-order chi connectivity index (χ0) is 11.3. The molecule has 0 radical (unpaired) electrons. The molecule has 0 fully saturated rings. The van der Waals surface area contributed by atoms with Crippen molar-refractivity contribution >= 4 is 11.6 Å². The summed E-state index contributed by atoms with van der Waals surface area (Å²) in [6.07, 6.45) is 1.02. The van der Waals surface area contributed by atoms with Gasteiger partial charge in [0.1, 0.15) is 0 Å². The average molecular weight is 227 g/mol. The van der Waals surface area contributed by atoms with Crippen LogP contribution >= 0.6 is 11.6 Å². The number of nitrogens with two attached hydrogens (primary N) is 1. The molecule has 1 aromatic rings. The number of hydrogen-bond donors (Lipinski definition) is 1. The minimum absolute atomic E-state index is 0.270. The molecule has 1 atom stereocenters. The Labute approximate surface area is 97.0 Å². The van der Waals surface area contributed by atoms with Crippen LogP contribution in [-0.2, 0) is 6.54 Å². The van der Waals surface area contributed by atoms with E-state index in [1.165, 1.54) is 5.56 Å². The maximum Gasteiger partial charge on any atom is 0.0409 e. The SMILES string of the molecule is C[C@H](N)CCN(C)Cc1cccc(Cl)c1. The molecule has 0 spiro atoms. The van der Waals surface area contributed by atoms with Crippen molar-refractivity contribution in [1.82, 2.24) is 4.90 Å². The van der Waals surface area contributed by atoms with Gasteiger partial charge in [-0.05, 0) is 44.6 Å². The van der Waals surface area contributed by atoms with Crippen LogP contribution in [0.1, 0.15) is 18.9 Å². The van der Waals surface area contributed by atoms with Crippen LogP contribution in [0, 0.1) is 0 Å². The third kappa shape index (κ3) is 5.17. The van der Waals surface area contributed by atoms with Gasteiger partial charge in [-0.25, -0.2) is 0 Å². The van der Waals surface area contributed by atoms with Crippen LogP contribution in [0.15, 0.2) is 24.3 Å². The lowest BCUT2D eigenvalue weighted by molar-refractivity contribution is 0.313. The van der Waals surface area contributed by atoms with Crippen molar-refractivity contribution in [3.63, 3.8) is 0 Å². The van der Waals surface area contributed by atoms with E-state index in [9.17, 15) is 0 Å². The van der Waals surface area contributed by atoms with Crippen molar-refractivity contribution < 1.29 is 0 Å². The first-order valence-corrected chi connectivity index (χ1v) is 5.64. The third-order valence-corrected chi connectivity index (χ3v) is 2.54. The highest BCUT2D eigenvalue weighted by atomic mass is 35.5. The Morgan fingerprint density at radius 2 is 2.20 bits per heavy atom. The van der Waals surface area contributed by atoms with E-state index in [2.05, 4.69) is 18.0 Å². The van der Waals surface area contributed by atoms with Gasteiger partial charge in [-0.3, -0.25) is 0 Å². The van der Waals surface area contributed by atoms with E-state index in [1.54, 1.807) is 0 Å². The predicted octanol–water partition coefficient (Wildman–Crippen LogP) is 2.51.